The molecular weight excluding hydrogens is 268 g/mol. The van der Waals surface area contributed by atoms with E-state index < -0.39 is 30.4 Å². The summed E-state index contributed by atoms with van der Waals surface area (Å²) in [6, 6.07) is -2.07. The van der Waals surface area contributed by atoms with Crippen molar-refractivity contribution in [2.45, 2.75) is 31.8 Å². The number of carboxylic acid groups (broad SMARTS) is 1. The molecule has 114 valence electrons. The predicted octanol–water partition coefficient (Wildman–Crippen LogP) is -0.273. The third-order valence-corrected chi connectivity index (χ3v) is 3.23. The Morgan fingerprint density at radius 2 is 2.10 bits per heavy atom. The number of ether oxygens (including phenoxy) is 2. The third-order valence-electron chi connectivity index (χ3n) is 3.23. The van der Waals surface area contributed by atoms with Crippen molar-refractivity contribution in [2.24, 2.45) is 5.92 Å². The molecule has 0 radical (unpaired) electrons. The number of carbonyl (C=O) groups excluding carboxylic acids is 2. The highest BCUT2D eigenvalue weighted by Gasteiger charge is 2.27. The van der Waals surface area contributed by atoms with Crippen molar-refractivity contribution in [3.05, 3.63) is 0 Å². The van der Waals surface area contributed by atoms with E-state index in [9.17, 15) is 14.4 Å². The van der Waals surface area contributed by atoms with Gasteiger partial charge in [-0.05, 0) is 13.3 Å². The van der Waals surface area contributed by atoms with E-state index in [1.165, 1.54) is 0 Å². The van der Waals surface area contributed by atoms with Gasteiger partial charge in [-0.25, -0.2) is 9.59 Å². The minimum Gasteiger partial charge on any atom is -0.480 e. The van der Waals surface area contributed by atoms with Crippen LogP contribution in [0.25, 0.3) is 0 Å². The second-order valence-corrected chi connectivity index (χ2v) is 4.70. The monoisotopic (exact) mass is 288 g/mol. The summed E-state index contributed by atoms with van der Waals surface area (Å²) in [5.41, 5.74) is 0. The summed E-state index contributed by atoms with van der Waals surface area (Å²) in [6.07, 6.45) is 0.437. The fourth-order valence-corrected chi connectivity index (χ4v) is 1.92. The molecule has 0 aromatic heterocycles. The molecule has 2 amide bonds. The predicted molar refractivity (Wildman–Crippen MR) is 68.1 cm³/mol. The zero-order valence-electron chi connectivity index (χ0n) is 11.5. The largest absolute Gasteiger partial charge is 0.480 e. The number of hydrogen-bond acceptors (Lipinski definition) is 5. The molecule has 2 unspecified atom stereocenters. The number of nitrogens with one attached hydrogen (secondary N) is 2. The molecule has 3 N–H and O–H groups in total. The maximum Gasteiger partial charge on any atom is 0.326 e. The zero-order valence-corrected chi connectivity index (χ0v) is 11.5. The van der Waals surface area contributed by atoms with Gasteiger partial charge >= 0.3 is 18.0 Å². The number of esters is 1. The van der Waals surface area contributed by atoms with Crippen LogP contribution in [0.5, 0.6) is 0 Å². The average Bonchev–Trinajstić information content (AvgIpc) is 2.91. The van der Waals surface area contributed by atoms with Crippen LogP contribution < -0.4 is 10.6 Å². The quantitative estimate of drug-likeness (QED) is 0.580. The van der Waals surface area contributed by atoms with Gasteiger partial charge in [-0.2, -0.15) is 0 Å². The second kappa shape index (κ2) is 7.68. The number of carboxylic acids is 1. The van der Waals surface area contributed by atoms with Crippen LogP contribution in [0.1, 0.15) is 19.8 Å². The van der Waals surface area contributed by atoms with Gasteiger partial charge in [0.05, 0.1) is 20.1 Å². The van der Waals surface area contributed by atoms with Crippen molar-refractivity contribution < 1.29 is 29.0 Å². The van der Waals surface area contributed by atoms with Gasteiger partial charge in [-0.15, -0.1) is 0 Å². The van der Waals surface area contributed by atoms with Crippen molar-refractivity contribution in [2.75, 3.05) is 20.3 Å². The maximum atomic E-state index is 11.7. The number of carbonyl (C=O) groups is 3. The van der Waals surface area contributed by atoms with E-state index >= 15 is 0 Å². The second-order valence-electron chi connectivity index (χ2n) is 4.70. The van der Waals surface area contributed by atoms with Crippen LogP contribution in [0, 0.1) is 5.92 Å². The SMILES string of the molecule is COC(=O)C[C@H](NC(=O)NC(C)C1CCOC1)C(=O)O. The van der Waals surface area contributed by atoms with Crippen LogP contribution in [-0.4, -0.2) is 55.5 Å². The van der Waals surface area contributed by atoms with E-state index in [-0.39, 0.29) is 12.0 Å². The summed E-state index contributed by atoms with van der Waals surface area (Å²) in [5.74, 6) is -1.78. The molecule has 0 spiro atoms. The van der Waals surface area contributed by atoms with Crippen molar-refractivity contribution >= 4 is 18.0 Å². The van der Waals surface area contributed by atoms with Crippen molar-refractivity contribution in [3.8, 4) is 0 Å². The number of hydrogen-bond donors (Lipinski definition) is 3. The summed E-state index contributed by atoms with van der Waals surface area (Å²) >= 11 is 0. The Kier molecular flexibility index (Phi) is 6.23. The van der Waals surface area contributed by atoms with E-state index in [1.54, 1.807) is 0 Å². The lowest BCUT2D eigenvalue weighted by atomic mass is 10.0. The maximum absolute atomic E-state index is 11.7. The highest BCUT2D eigenvalue weighted by molar-refractivity contribution is 5.86. The number of rotatable bonds is 6. The molecule has 0 bridgehead atoms. The van der Waals surface area contributed by atoms with E-state index in [2.05, 4.69) is 15.4 Å². The van der Waals surface area contributed by atoms with E-state index in [0.29, 0.717) is 13.2 Å². The van der Waals surface area contributed by atoms with Crippen molar-refractivity contribution in [3.63, 3.8) is 0 Å². The molecule has 0 aromatic rings. The van der Waals surface area contributed by atoms with Crippen LogP contribution in [0.3, 0.4) is 0 Å². The molecule has 0 aliphatic carbocycles. The summed E-state index contributed by atoms with van der Waals surface area (Å²) < 4.78 is 9.60. The lowest BCUT2D eigenvalue weighted by Crippen LogP contribution is -2.50. The first-order chi connectivity index (χ1) is 9.43. The summed E-state index contributed by atoms with van der Waals surface area (Å²) in [4.78, 5) is 33.7. The molecule has 8 nitrogen and oxygen atoms in total. The van der Waals surface area contributed by atoms with Crippen LogP contribution in [0.4, 0.5) is 4.79 Å². The van der Waals surface area contributed by atoms with Crippen molar-refractivity contribution in [1.82, 2.24) is 10.6 Å². The first-order valence-corrected chi connectivity index (χ1v) is 6.38. The molecule has 1 fully saturated rings. The smallest absolute Gasteiger partial charge is 0.326 e. The van der Waals surface area contributed by atoms with Gasteiger partial charge in [0, 0.05) is 18.6 Å². The van der Waals surface area contributed by atoms with Gasteiger partial charge in [-0.1, -0.05) is 0 Å². The topological polar surface area (TPSA) is 114 Å². The van der Waals surface area contributed by atoms with Gasteiger partial charge < -0.3 is 25.2 Å². The lowest BCUT2D eigenvalue weighted by Gasteiger charge is -2.21. The van der Waals surface area contributed by atoms with Crippen LogP contribution in [0.2, 0.25) is 0 Å². The minimum absolute atomic E-state index is 0.134. The Labute approximate surface area is 116 Å². The first-order valence-electron chi connectivity index (χ1n) is 6.38. The Bertz CT molecular complexity index is 367. The van der Waals surface area contributed by atoms with Crippen molar-refractivity contribution in [1.29, 1.82) is 0 Å². The molecule has 1 heterocycles. The Hall–Kier alpha value is -1.83. The molecule has 3 atom stereocenters. The summed E-state index contributed by atoms with van der Waals surface area (Å²) in [5, 5.41) is 13.8. The fraction of sp³-hybridized carbons (Fsp3) is 0.750. The van der Waals surface area contributed by atoms with Crippen LogP contribution in [0.15, 0.2) is 0 Å². The third kappa shape index (κ3) is 5.04. The minimum atomic E-state index is -1.31. The first kappa shape index (κ1) is 16.2. The van der Waals surface area contributed by atoms with Gasteiger partial charge in [0.2, 0.25) is 0 Å². The Morgan fingerprint density at radius 1 is 1.40 bits per heavy atom. The highest BCUT2D eigenvalue weighted by Crippen LogP contribution is 2.16. The lowest BCUT2D eigenvalue weighted by molar-refractivity contribution is -0.147. The molecule has 20 heavy (non-hydrogen) atoms. The van der Waals surface area contributed by atoms with Gasteiger partial charge in [0.1, 0.15) is 6.04 Å². The Morgan fingerprint density at radius 3 is 2.60 bits per heavy atom. The molecule has 1 aliphatic heterocycles. The van der Waals surface area contributed by atoms with E-state index in [4.69, 9.17) is 9.84 Å². The van der Waals surface area contributed by atoms with Gasteiger partial charge in [0.15, 0.2) is 0 Å². The number of methoxy groups -OCH3 is 1. The molecule has 0 aromatic carbocycles. The number of urea groups is 1. The zero-order chi connectivity index (χ0) is 15.1. The molecule has 0 saturated carbocycles. The molecular formula is C12H20N2O6. The fourth-order valence-electron chi connectivity index (χ4n) is 1.92. The van der Waals surface area contributed by atoms with Gasteiger partial charge in [-0.3, -0.25) is 4.79 Å². The van der Waals surface area contributed by atoms with E-state index in [1.807, 2.05) is 6.92 Å². The summed E-state index contributed by atoms with van der Waals surface area (Å²) in [7, 11) is 1.16. The normalized spacial score (nSPS) is 20.8. The number of amides is 2. The van der Waals surface area contributed by atoms with E-state index in [0.717, 1.165) is 13.5 Å². The van der Waals surface area contributed by atoms with Gasteiger partial charge in [0.25, 0.3) is 0 Å². The van der Waals surface area contributed by atoms with Crippen LogP contribution >= 0.6 is 0 Å². The molecule has 1 saturated heterocycles. The molecule has 1 rings (SSSR count). The number of aliphatic carboxylic acids is 1. The Balaban J connectivity index is 2.44. The molecule has 1 aliphatic rings. The molecule has 8 heteroatoms. The van der Waals surface area contributed by atoms with Crippen LogP contribution in [-0.2, 0) is 19.1 Å². The standard InChI is InChI=1S/C12H20N2O6/c1-7(8-3-4-20-6-8)13-12(18)14-9(11(16)17)5-10(15)19-2/h7-9H,3-6H2,1-2H3,(H,16,17)(H2,13,14,18)/t7?,8?,9-/m0/s1. The highest BCUT2D eigenvalue weighted by atomic mass is 16.5. The average molecular weight is 288 g/mol. The summed E-state index contributed by atoms with van der Waals surface area (Å²) in [6.45, 7) is 3.07.